The summed E-state index contributed by atoms with van der Waals surface area (Å²) in [6.07, 6.45) is 0.917. The van der Waals surface area contributed by atoms with Gasteiger partial charge in [-0.1, -0.05) is 46.2 Å². The zero-order chi connectivity index (χ0) is 14.9. The van der Waals surface area contributed by atoms with Gasteiger partial charge < -0.3 is 0 Å². The molecule has 2 aromatic rings. The molecule has 0 fully saturated rings. The Labute approximate surface area is 134 Å². The summed E-state index contributed by atoms with van der Waals surface area (Å²) in [4.78, 5) is 11.7. The first kappa shape index (κ1) is 15.9. The molecule has 2 heterocycles. The molecule has 2 aromatic heterocycles. The summed E-state index contributed by atoms with van der Waals surface area (Å²) in [5.41, 5.74) is 3.18. The van der Waals surface area contributed by atoms with E-state index in [-0.39, 0.29) is 0 Å². The van der Waals surface area contributed by atoms with Crippen LogP contribution < -0.4 is 0 Å². The van der Waals surface area contributed by atoms with Crippen LogP contribution in [-0.4, -0.2) is 9.97 Å². The van der Waals surface area contributed by atoms with E-state index in [4.69, 9.17) is 11.6 Å². The minimum Gasteiger partial charge on any atom is -0.249 e. The average Bonchev–Trinajstić information content (AvgIpc) is 2.95. The van der Waals surface area contributed by atoms with Crippen LogP contribution in [0.15, 0.2) is 5.51 Å². The van der Waals surface area contributed by atoms with Crippen LogP contribution in [0.3, 0.4) is 0 Å². The molecule has 0 amide bonds. The number of hydrogen-bond acceptors (Lipinski definition) is 4. The predicted molar refractivity (Wildman–Crippen MR) is 89.5 cm³/mol. The Morgan fingerprint density at radius 1 is 1.10 bits per heavy atom. The molecule has 20 heavy (non-hydrogen) atoms. The van der Waals surface area contributed by atoms with E-state index in [0.717, 1.165) is 11.4 Å². The van der Waals surface area contributed by atoms with Gasteiger partial charge in [-0.3, -0.25) is 0 Å². The Morgan fingerprint density at radius 2 is 1.75 bits per heavy atom. The zero-order valence-electron chi connectivity index (χ0n) is 12.6. The predicted octanol–water partition coefficient (Wildman–Crippen LogP) is 5.85. The van der Waals surface area contributed by atoms with Crippen molar-refractivity contribution in [2.75, 3.05) is 0 Å². The largest absolute Gasteiger partial charge is 0.249 e. The molecule has 0 aliphatic carbocycles. The summed E-state index contributed by atoms with van der Waals surface area (Å²) < 4.78 is 0. The van der Waals surface area contributed by atoms with Crippen molar-refractivity contribution < 1.29 is 0 Å². The number of hydrogen-bond donors (Lipinski definition) is 0. The third-order valence-electron chi connectivity index (χ3n) is 3.27. The SMILES string of the molecule is CC(C)c1sc(CC(C)c2ncsc2C(C)C)nc1Cl. The minimum atomic E-state index is 0.390. The lowest BCUT2D eigenvalue weighted by Gasteiger charge is -2.11. The smallest absolute Gasteiger partial charge is 0.143 e. The number of thiazole rings is 2. The van der Waals surface area contributed by atoms with Crippen LogP contribution in [0.4, 0.5) is 0 Å². The molecule has 0 saturated carbocycles. The fourth-order valence-corrected chi connectivity index (χ4v) is 4.73. The third-order valence-corrected chi connectivity index (χ3v) is 6.20. The molecular weight excluding hydrogens is 308 g/mol. The van der Waals surface area contributed by atoms with Crippen molar-refractivity contribution in [3.63, 3.8) is 0 Å². The summed E-state index contributed by atoms with van der Waals surface area (Å²) in [6, 6.07) is 0. The van der Waals surface area contributed by atoms with Crippen LogP contribution in [-0.2, 0) is 6.42 Å². The van der Waals surface area contributed by atoms with E-state index in [9.17, 15) is 0 Å². The van der Waals surface area contributed by atoms with Gasteiger partial charge in [-0.15, -0.1) is 22.7 Å². The molecule has 0 radical (unpaired) electrons. The van der Waals surface area contributed by atoms with Gasteiger partial charge >= 0.3 is 0 Å². The molecule has 110 valence electrons. The first-order valence-corrected chi connectivity index (χ1v) is 9.05. The van der Waals surface area contributed by atoms with E-state index < -0.39 is 0 Å². The van der Waals surface area contributed by atoms with Gasteiger partial charge in [-0.05, 0) is 11.8 Å². The van der Waals surface area contributed by atoms with Crippen molar-refractivity contribution in [1.82, 2.24) is 9.97 Å². The Hall–Kier alpha value is -0.450. The molecule has 1 atom stereocenters. The minimum absolute atomic E-state index is 0.390. The van der Waals surface area contributed by atoms with E-state index in [1.807, 2.05) is 5.51 Å². The molecule has 0 N–H and O–H groups in total. The Bertz CT molecular complexity index is 572. The van der Waals surface area contributed by atoms with E-state index in [2.05, 4.69) is 44.6 Å². The Balaban J connectivity index is 2.17. The van der Waals surface area contributed by atoms with Crippen LogP contribution in [0.25, 0.3) is 0 Å². The monoisotopic (exact) mass is 328 g/mol. The first-order chi connectivity index (χ1) is 9.40. The van der Waals surface area contributed by atoms with E-state index >= 15 is 0 Å². The maximum absolute atomic E-state index is 6.22. The van der Waals surface area contributed by atoms with E-state index in [1.165, 1.54) is 15.4 Å². The highest BCUT2D eigenvalue weighted by Gasteiger charge is 2.19. The lowest BCUT2D eigenvalue weighted by molar-refractivity contribution is 0.709. The van der Waals surface area contributed by atoms with Gasteiger partial charge in [-0.2, -0.15) is 0 Å². The number of halogens is 1. The lowest BCUT2D eigenvalue weighted by atomic mass is 9.99. The maximum Gasteiger partial charge on any atom is 0.143 e. The van der Waals surface area contributed by atoms with Crippen LogP contribution in [0.5, 0.6) is 0 Å². The van der Waals surface area contributed by atoms with Gasteiger partial charge in [0.1, 0.15) is 5.15 Å². The standard InChI is InChI=1S/C15H21ClN2S2/c1-8(2)13-12(17-7-19-13)10(5)6-11-18-15(16)14(20-11)9(3)4/h7-10H,6H2,1-5H3. The summed E-state index contributed by atoms with van der Waals surface area (Å²) >= 11 is 9.71. The van der Waals surface area contributed by atoms with Gasteiger partial charge in [0, 0.05) is 22.1 Å². The van der Waals surface area contributed by atoms with E-state index in [0.29, 0.717) is 22.9 Å². The molecule has 0 aliphatic heterocycles. The van der Waals surface area contributed by atoms with Crippen molar-refractivity contribution in [2.24, 2.45) is 0 Å². The highest BCUT2D eigenvalue weighted by atomic mass is 35.5. The van der Waals surface area contributed by atoms with Crippen molar-refractivity contribution in [3.05, 3.63) is 31.1 Å². The van der Waals surface area contributed by atoms with Crippen molar-refractivity contribution in [3.8, 4) is 0 Å². The number of aromatic nitrogens is 2. The van der Waals surface area contributed by atoms with Gasteiger partial charge in [0.05, 0.1) is 16.2 Å². The van der Waals surface area contributed by atoms with Crippen LogP contribution in [0.2, 0.25) is 5.15 Å². The van der Waals surface area contributed by atoms with Gasteiger partial charge in [0.2, 0.25) is 0 Å². The maximum atomic E-state index is 6.22. The second-order valence-corrected chi connectivity index (χ2v) is 8.14. The summed E-state index contributed by atoms with van der Waals surface area (Å²) in [7, 11) is 0. The highest BCUT2D eigenvalue weighted by Crippen LogP contribution is 2.34. The molecule has 1 unspecified atom stereocenters. The molecule has 2 nitrogen and oxygen atoms in total. The topological polar surface area (TPSA) is 25.8 Å². The van der Waals surface area contributed by atoms with Crippen LogP contribution in [0, 0.1) is 0 Å². The first-order valence-electron chi connectivity index (χ1n) is 6.98. The molecule has 2 rings (SSSR count). The molecule has 0 spiro atoms. The third kappa shape index (κ3) is 3.41. The fourth-order valence-electron chi connectivity index (χ4n) is 2.22. The highest BCUT2D eigenvalue weighted by molar-refractivity contribution is 7.12. The quantitative estimate of drug-likeness (QED) is 0.688. The molecule has 0 saturated heterocycles. The second kappa shape index (κ2) is 6.54. The van der Waals surface area contributed by atoms with Crippen molar-refractivity contribution in [2.45, 2.75) is 58.8 Å². The van der Waals surface area contributed by atoms with Crippen molar-refractivity contribution >= 4 is 34.3 Å². The zero-order valence-corrected chi connectivity index (χ0v) is 15.0. The van der Waals surface area contributed by atoms with Gasteiger partial charge in [0.15, 0.2) is 0 Å². The van der Waals surface area contributed by atoms with Gasteiger partial charge in [0.25, 0.3) is 0 Å². The lowest BCUT2D eigenvalue weighted by Crippen LogP contribution is -2.02. The molecule has 0 bridgehead atoms. The molecule has 0 aromatic carbocycles. The Morgan fingerprint density at radius 3 is 2.30 bits per heavy atom. The summed E-state index contributed by atoms with van der Waals surface area (Å²) in [6.45, 7) is 11.0. The second-order valence-electron chi connectivity index (χ2n) is 5.78. The fraction of sp³-hybridized carbons (Fsp3) is 0.600. The average molecular weight is 329 g/mol. The number of rotatable bonds is 5. The van der Waals surface area contributed by atoms with Gasteiger partial charge in [-0.25, -0.2) is 9.97 Å². The molecule has 0 aliphatic rings. The van der Waals surface area contributed by atoms with Crippen LogP contribution >= 0.6 is 34.3 Å². The molecular formula is C15H21ClN2S2. The molecule has 5 heteroatoms. The Kier molecular flexibility index (Phi) is 5.21. The number of nitrogens with zero attached hydrogens (tertiary/aromatic N) is 2. The normalized spacial score (nSPS) is 13.4. The summed E-state index contributed by atoms with van der Waals surface area (Å²) in [5, 5.41) is 1.79. The summed E-state index contributed by atoms with van der Waals surface area (Å²) in [5.74, 6) is 1.36. The van der Waals surface area contributed by atoms with Crippen LogP contribution in [0.1, 0.15) is 72.8 Å². The van der Waals surface area contributed by atoms with Crippen molar-refractivity contribution in [1.29, 1.82) is 0 Å². The van der Waals surface area contributed by atoms with E-state index in [1.54, 1.807) is 22.7 Å².